The summed E-state index contributed by atoms with van der Waals surface area (Å²) >= 11 is 3.37. The zero-order chi connectivity index (χ0) is 14.2. The number of aromatic nitrogens is 1. The summed E-state index contributed by atoms with van der Waals surface area (Å²) in [6, 6.07) is 11.1. The van der Waals surface area contributed by atoms with Crippen molar-refractivity contribution in [3.63, 3.8) is 0 Å². The van der Waals surface area contributed by atoms with Gasteiger partial charge in [0.2, 0.25) is 0 Å². The van der Waals surface area contributed by atoms with Crippen LogP contribution in [-0.4, -0.2) is 17.1 Å². The zero-order valence-electron chi connectivity index (χ0n) is 10.5. The van der Waals surface area contributed by atoms with Gasteiger partial charge in [0.05, 0.1) is 0 Å². The second kappa shape index (κ2) is 7.35. The predicted molar refractivity (Wildman–Crippen MR) is 83.4 cm³/mol. The summed E-state index contributed by atoms with van der Waals surface area (Å²) in [4.78, 5) is 15.5. The maximum absolute atomic E-state index is 11.6. The molecule has 20 heavy (non-hydrogen) atoms. The molecule has 0 aliphatic carbocycles. The molecule has 1 aromatic heterocycles. The van der Waals surface area contributed by atoms with Crippen molar-refractivity contribution in [3.05, 3.63) is 70.5 Å². The number of benzene rings is 1. The molecule has 0 bridgehead atoms. The number of allylic oxidation sites excluding steroid dienone is 1. The molecule has 2 rings (SSSR count). The van der Waals surface area contributed by atoms with E-state index >= 15 is 0 Å². The summed E-state index contributed by atoms with van der Waals surface area (Å²) < 4.78 is 1.04. The van der Waals surface area contributed by atoms with Crippen molar-refractivity contribution < 1.29 is 4.79 Å². The van der Waals surface area contributed by atoms with Crippen molar-refractivity contribution in [2.45, 2.75) is 0 Å². The van der Waals surface area contributed by atoms with Crippen LogP contribution in [0.2, 0.25) is 0 Å². The number of nitrogens with zero attached hydrogens (tertiary/aromatic N) is 2. The van der Waals surface area contributed by atoms with Crippen molar-refractivity contribution in [2.24, 2.45) is 5.10 Å². The van der Waals surface area contributed by atoms with E-state index in [1.165, 1.54) is 6.21 Å². The van der Waals surface area contributed by atoms with E-state index in [0.717, 1.165) is 10.0 Å². The predicted octanol–water partition coefficient (Wildman–Crippen LogP) is 3.27. The maximum atomic E-state index is 11.6. The standard InChI is InChI=1S/C15H12BrN3O/c16-14-5-3-12(4-6-14)2-1-9-18-19-15(20)13-7-10-17-11-8-13/h1-11H,(H,19,20). The average Bonchev–Trinajstić information content (AvgIpc) is 2.49. The van der Waals surface area contributed by atoms with Crippen molar-refractivity contribution in [2.75, 3.05) is 0 Å². The number of amides is 1. The number of nitrogens with one attached hydrogen (secondary N) is 1. The molecular formula is C15H12BrN3O. The molecule has 1 heterocycles. The SMILES string of the molecule is O=C(NN=CC=Cc1ccc(Br)cc1)c1ccncc1. The fraction of sp³-hybridized carbons (Fsp3) is 0. The first kappa shape index (κ1) is 14.1. The Bertz CT molecular complexity index is 621. The Kier molecular flexibility index (Phi) is 5.20. The molecule has 100 valence electrons. The van der Waals surface area contributed by atoms with E-state index in [1.807, 2.05) is 30.3 Å². The molecule has 1 amide bonds. The van der Waals surface area contributed by atoms with Crippen molar-refractivity contribution in [1.82, 2.24) is 10.4 Å². The third-order valence-electron chi connectivity index (χ3n) is 2.43. The third-order valence-corrected chi connectivity index (χ3v) is 2.96. The quantitative estimate of drug-likeness (QED) is 0.691. The summed E-state index contributed by atoms with van der Waals surface area (Å²) in [5, 5.41) is 3.84. The number of halogens is 1. The first-order valence-electron chi connectivity index (χ1n) is 5.91. The Morgan fingerprint density at radius 3 is 2.55 bits per heavy atom. The normalized spacial score (nSPS) is 11.1. The molecule has 0 saturated carbocycles. The number of hydrogen-bond donors (Lipinski definition) is 1. The van der Waals surface area contributed by atoms with Gasteiger partial charge in [0.25, 0.3) is 5.91 Å². The van der Waals surface area contributed by atoms with Gasteiger partial charge in [-0.2, -0.15) is 5.10 Å². The second-order valence-electron chi connectivity index (χ2n) is 3.87. The molecule has 1 N–H and O–H groups in total. The minimum absolute atomic E-state index is 0.263. The smallest absolute Gasteiger partial charge is 0.267 e. The Labute approximate surface area is 125 Å². The molecule has 0 atom stereocenters. The van der Waals surface area contributed by atoms with Gasteiger partial charge in [-0.15, -0.1) is 0 Å². The highest BCUT2D eigenvalue weighted by Gasteiger charge is 2.01. The molecule has 5 heteroatoms. The van der Waals surface area contributed by atoms with Crippen LogP contribution in [0.25, 0.3) is 6.08 Å². The molecule has 0 unspecified atom stereocenters. The number of pyridine rings is 1. The van der Waals surface area contributed by atoms with Crippen LogP contribution in [0.4, 0.5) is 0 Å². The van der Waals surface area contributed by atoms with Gasteiger partial charge in [-0.1, -0.05) is 34.1 Å². The van der Waals surface area contributed by atoms with E-state index in [9.17, 15) is 4.79 Å². The number of hydrogen-bond acceptors (Lipinski definition) is 3. The second-order valence-corrected chi connectivity index (χ2v) is 4.78. The largest absolute Gasteiger partial charge is 0.271 e. The molecule has 2 aromatic rings. The Morgan fingerprint density at radius 1 is 1.15 bits per heavy atom. The fourth-order valence-electron chi connectivity index (χ4n) is 1.43. The Balaban J connectivity index is 1.85. The number of hydrazone groups is 1. The van der Waals surface area contributed by atoms with Crippen LogP contribution in [0.1, 0.15) is 15.9 Å². The lowest BCUT2D eigenvalue weighted by atomic mass is 10.2. The lowest BCUT2D eigenvalue weighted by molar-refractivity contribution is 0.0955. The summed E-state index contributed by atoms with van der Waals surface area (Å²) in [7, 11) is 0. The van der Waals surface area contributed by atoms with E-state index in [2.05, 4.69) is 31.4 Å². The molecule has 4 nitrogen and oxygen atoms in total. The molecule has 0 radical (unpaired) electrons. The van der Waals surface area contributed by atoms with Crippen LogP contribution in [0.15, 0.2) is 64.4 Å². The fourth-order valence-corrected chi connectivity index (χ4v) is 1.70. The summed E-state index contributed by atoms with van der Waals surface area (Å²) in [6.07, 6.45) is 8.31. The van der Waals surface area contributed by atoms with Crippen LogP contribution < -0.4 is 5.43 Å². The van der Waals surface area contributed by atoms with Gasteiger partial charge >= 0.3 is 0 Å². The number of carbonyl (C=O) groups is 1. The number of rotatable bonds is 4. The van der Waals surface area contributed by atoms with E-state index < -0.39 is 0 Å². The lowest BCUT2D eigenvalue weighted by Crippen LogP contribution is -2.17. The lowest BCUT2D eigenvalue weighted by Gasteiger charge is -1.97. The van der Waals surface area contributed by atoms with Gasteiger partial charge < -0.3 is 0 Å². The highest BCUT2D eigenvalue weighted by atomic mass is 79.9. The summed E-state index contributed by atoms with van der Waals surface area (Å²) in [6.45, 7) is 0. The minimum atomic E-state index is -0.263. The molecule has 1 aromatic carbocycles. The van der Waals surface area contributed by atoms with Gasteiger partial charge in [0.1, 0.15) is 0 Å². The van der Waals surface area contributed by atoms with Crippen LogP contribution in [0, 0.1) is 0 Å². The summed E-state index contributed by atoms with van der Waals surface area (Å²) in [5.74, 6) is -0.263. The van der Waals surface area contributed by atoms with Gasteiger partial charge in [0, 0.05) is 28.6 Å². The van der Waals surface area contributed by atoms with E-state index in [-0.39, 0.29) is 5.91 Å². The van der Waals surface area contributed by atoms with Crippen LogP contribution in [0.3, 0.4) is 0 Å². The van der Waals surface area contributed by atoms with Crippen LogP contribution >= 0.6 is 15.9 Å². The maximum Gasteiger partial charge on any atom is 0.271 e. The first-order valence-corrected chi connectivity index (χ1v) is 6.71. The van der Waals surface area contributed by atoms with Gasteiger partial charge in [0.15, 0.2) is 0 Å². The Morgan fingerprint density at radius 2 is 1.85 bits per heavy atom. The van der Waals surface area contributed by atoms with Gasteiger partial charge in [-0.05, 0) is 35.9 Å². The Hall–Kier alpha value is -2.27. The molecule has 0 saturated heterocycles. The number of carbonyl (C=O) groups excluding carboxylic acids is 1. The average molecular weight is 330 g/mol. The van der Waals surface area contributed by atoms with Gasteiger partial charge in [-0.25, -0.2) is 5.43 Å². The zero-order valence-corrected chi connectivity index (χ0v) is 12.1. The highest BCUT2D eigenvalue weighted by molar-refractivity contribution is 9.10. The first-order chi connectivity index (χ1) is 9.75. The van der Waals surface area contributed by atoms with Crippen molar-refractivity contribution in [1.29, 1.82) is 0 Å². The molecular weight excluding hydrogens is 318 g/mol. The van der Waals surface area contributed by atoms with E-state index in [0.29, 0.717) is 5.56 Å². The third kappa shape index (κ3) is 4.44. The molecule has 0 aliphatic heterocycles. The highest BCUT2D eigenvalue weighted by Crippen LogP contribution is 2.11. The topological polar surface area (TPSA) is 54.4 Å². The molecule has 0 aliphatic rings. The minimum Gasteiger partial charge on any atom is -0.267 e. The molecule has 0 spiro atoms. The van der Waals surface area contributed by atoms with Gasteiger partial charge in [-0.3, -0.25) is 9.78 Å². The summed E-state index contributed by atoms with van der Waals surface area (Å²) in [5.41, 5.74) is 4.02. The van der Waals surface area contributed by atoms with Crippen molar-refractivity contribution >= 4 is 34.1 Å². The van der Waals surface area contributed by atoms with E-state index in [4.69, 9.17) is 0 Å². The molecule has 0 fully saturated rings. The van der Waals surface area contributed by atoms with Crippen molar-refractivity contribution in [3.8, 4) is 0 Å². The van der Waals surface area contributed by atoms with E-state index in [1.54, 1.807) is 30.6 Å². The van der Waals surface area contributed by atoms with Crippen LogP contribution in [0.5, 0.6) is 0 Å². The monoisotopic (exact) mass is 329 g/mol. The van der Waals surface area contributed by atoms with Crippen LogP contribution in [-0.2, 0) is 0 Å².